The van der Waals surface area contributed by atoms with Crippen molar-refractivity contribution >= 4 is 0 Å². The summed E-state index contributed by atoms with van der Waals surface area (Å²) >= 11 is 0. The average Bonchev–Trinajstić information content (AvgIpc) is 2.56. The Balaban J connectivity index is 2.18. The van der Waals surface area contributed by atoms with Crippen LogP contribution in [0.15, 0.2) is 60.7 Å². The normalized spacial score (nSPS) is 16.4. The van der Waals surface area contributed by atoms with Gasteiger partial charge in [-0.3, -0.25) is 4.90 Å². The van der Waals surface area contributed by atoms with Crippen molar-refractivity contribution in [2.45, 2.75) is 38.1 Å². The molecule has 0 spiro atoms. The quantitative estimate of drug-likeness (QED) is 0.777. The van der Waals surface area contributed by atoms with Crippen LogP contribution in [-0.2, 0) is 5.41 Å². The molecule has 1 saturated heterocycles. The van der Waals surface area contributed by atoms with Gasteiger partial charge in [0.25, 0.3) is 0 Å². The molecule has 2 heteroatoms. The van der Waals surface area contributed by atoms with E-state index in [0.29, 0.717) is 5.92 Å². The first kappa shape index (κ1) is 16.7. The maximum absolute atomic E-state index is 10.5. The van der Waals surface area contributed by atoms with E-state index < -0.39 is 5.41 Å². The minimum Gasteiger partial charge on any atom is -0.298 e. The summed E-state index contributed by atoms with van der Waals surface area (Å²) in [5.41, 5.74) is 1.60. The molecule has 0 radical (unpaired) electrons. The molecule has 1 aliphatic rings. The summed E-state index contributed by atoms with van der Waals surface area (Å²) in [6.45, 7) is 6.71. The van der Waals surface area contributed by atoms with Crippen molar-refractivity contribution in [2.75, 3.05) is 13.1 Å². The van der Waals surface area contributed by atoms with E-state index in [2.05, 4.69) is 49.1 Å². The molecule has 1 heterocycles. The second kappa shape index (κ2) is 7.20. The number of hydrogen-bond acceptors (Lipinski definition) is 2. The fourth-order valence-electron chi connectivity index (χ4n) is 3.86. The molecule has 1 atom stereocenters. The number of nitrogens with zero attached hydrogens (tertiary/aromatic N) is 2. The van der Waals surface area contributed by atoms with Gasteiger partial charge in [0.1, 0.15) is 5.41 Å². The van der Waals surface area contributed by atoms with E-state index in [1.807, 2.05) is 36.4 Å². The van der Waals surface area contributed by atoms with Crippen LogP contribution in [0.25, 0.3) is 0 Å². The van der Waals surface area contributed by atoms with Crippen LogP contribution >= 0.6 is 0 Å². The zero-order valence-electron chi connectivity index (χ0n) is 14.7. The lowest BCUT2D eigenvalue weighted by molar-refractivity contribution is 0.0749. The Kier molecular flexibility index (Phi) is 5.02. The second-order valence-corrected chi connectivity index (χ2v) is 7.19. The topological polar surface area (TPSA) is 27.0 Å². The third-order valence-electron chi connectivity index (χ3n) is 5.16. The molecule has 1 fully saturated rings. The van der Waals surface area contributed by atoms with Gasteiger partial charge in [0.15, 0.2) is 0 Å². The lowest BCUT2D eigenvalue weighted by Gasteiger charge is -2.47. The van der Waals surface area contributed by atoms with Crippen LogP contribution in [0.3, 0.4) is 0 Å². The fourth-order valence-corrected chi connectivity index (χ4v) is 3.86. The van der Waals surface area contributed by atoms with Crippen molar-refractivity contribution < 1.29 is 0 Å². The largest absolute Gasteiger partial charge is 0.298 e. The highest BCUT2D eigenvalue weighted by atomic mass is 15.2. The number of hydrogen-bond donors (Lipinski definition) is 0. The van der Waals surface area contributed by atoms with Gasteiger partial charge in [0.05, 0.1) is 6.07 Å². The van der Waals surface area contributed by atoms with Gasteiger partial charge in [0, 0.05) is 6.04 Å². The van der Waals surface area contributed by atoms with Crippen LogP contribution in [0.4, 0.5) is 0 Å². The highest BCUT2D eigenvalue weighted by molar-refractivity contribution is 5.48. The summed E-state index contributed by atoms with van der Waals surface area (Å²) in [7, 11) is 0. The average molecular weight is 318 g/mol. The maximum Gasteiger partial charge on any atom is 0.123 e. The second-order valence-electron chi connectivity index (χ2n) is 7.19. The Morgan fingerprint density at radius 3 is 1.79 bits per heavy atom. The molecule has 0 saturated carbocycles. The summed E-state index contributed by atoms with van der Waals surface area (Å²) in [6, 6.07) is 23.7. The molecule has 2 aromatic carbocycles. The van der Waals surface area contributed by atoms with Gasteiger partial charge in [-0.2, -0.15) is 5.26 Å². The SMILES string of the molecule is CC(C)CC(N1CCC1)C(C#N)(c1ccccc1)c1ccccc1. The van der Waals surface area contributed by atoms with Crippen molar-refractivity contribution in [1.82, 2.24) is 4.90 Å². The molecule has 0 bridgehead atoms. The zero-order chi connectivity index (χ0) is 17.0. The van der Waals surface area contributed by atoms with Gasteiger partial charge < -0.3 is 0 Å². The van der Waals surface area contributed by atoms with E-state index in [1.54, 1.807) is 0 Å². The molecule has 0 amide bonds. The molecule has 0 aliphatic carbocycles. The Hall–Kier alpha value is -2.11. The molecule has 0 aromatic heterocycles. The van der Waals surface area contributed by atoms with Crippen LogP contribution in [0.5, 0.6) is 0 Å². The molecular weight excluding hydrogens is 292 g/mol. The molecule has 24 heavy (non-hydrogen) atoms. The number of benzene rings is 2. The molecule has 2 aromatic rings. The van der Waals surface area contributed by atoms with Gasteiger partial charge in [0.2, 0.25) is 0 Å². The van der Waals surface area contributed by atoms with E-state index in [1.165, 1.54) is 6.42 Å². The number of likely N-dealkylation sites (tertiary alicyclic amines) is 1. The zero-order valence-corrected chi connectivity index (χ0v) is 14.7. The van der Waals surface area contributed by atoms with Crippen molar-refractivity contribution in [3.8, 4) is 6.07 Å². The first-order valence-electron chi connectivity index (χ1n) is 8.95. The summed E-state index contributed by atoms with van der Waals surface area (Å²) in [4.78, 5) is 2.50. The van der Waals surface area contributed by atoms with Crippen molar-refractivity contribution in [3.05, 3.63) is 71.8 Å². The van der Waals surface area contributed by atoms with Gasteiger partial charge in [-0.05, 0) is 43.0 Å². The van der Waals surface area contributed by atoms with Gasteiger partial charge in [-0.25, -0.2) is 0 Å². The lowest BCUT2D eigenvalue weighted by atomic mass is 9.67. The van der Waals surface area contributed by atoms with Crippen LogP contribution in [-0.4, -0.2) is 24.0 Å². The summed E-state index contributed by atoms with van der Waals surface area (Å²) < 4.78 is 0. The minimum atomic E-state index is -0.618. The highest BCUT2D eigenvalue weighted by Crippen LogP contribution is 2.41. The van der Waals surface area contributed by atoms with E-state index >= 15 is 0 Å². The first-order chi connectivity index (χ1) is 11.7. The Morgan fingerprint density at radius 2 is 1.46 bits per heavy atom. The van der Waals surface area contributed by atoms with Crippen molar-refractivity contribution in [1.29, 1.82) is 5.26 Å². The third-order valence-corrected chi connectivity index (χ3v) is 5.16. The molecular formula is C22H26N2. The molecule has 124 valence electrons. The summed E-state index contributed by atoms with van der Waals surface area (Å²) in [5, 5.41) is 10.5. The van der Waals surface area contributed by atoms with E-state index in [0.717, 1.165) is 30.6 Å². The van der Waals surface area contributed by atoms with E-state index in [-0.39, 0.29) is 6.04 Å². The maximum atomic E-state index is 10.5. The number of nitriles is 1. The third kappa shape index (κ3) is 2.97. The van der Waals surface area contributed by atoms with E-state index in [9.17, 15) is 5.26 Å². The smallest absolute Gasteiger partial charge is 0.123 e. The number of rotatable bonds is 6. The van der Waals surface area contributed by atoms with Crippen molar-refractivity contribution in [2.24, 2.45) is 5.92 Å². The predicted molar refractivity (Wildman–Crippen MR) is 98.7 cm³/mol. The first-order valence-corrected chi connectivity index (χ1v) is 8.95. The molecule has 1 unspecified atom stereocenters. The minimum absolute atomic E-state index is 0.209. The van der Waals surface area contributed by atoms with Crippen LogP contribution < -0.4 is 0 Å². The predicted octanol–water partition coefficient (Wildman–Crippen LogP) is 4.62. The van der Waals surface area contributed by atoms with E-state index in [4.69, 9.17) is 0 Å². The standard InChI is InChI=1S/C22H26N2/c1-18(2)16-21(24-14-9-15-24)22(17-23,19-10-5-3-6-11-19)20-12-7-4-8-13-20/h3-8,10-13,18,21H,9,14-16H2,1-2H3. The monoisotopic (exact) mass is 318 g/mol. The van der Waals surface area contributed by atoms with Gasteiger partial charge in [-0.1, -0.05) is 74.5 Å². The van der Waals surface area contributed by atoms with Crippen LogP contribution in [0.1, 0.15) is 37.8 Å². The van der Waals surface area contributed by atoms with Gasteiger partial charge >= 0.3 is 0 Å². The lowest BCUT2D eigenvalue weighted by Crippen LogP contribution is -2.56. The molecule has 2 nitrogen and oxygen atoms in total. The highest BCUT2D eigenvalue weighted by Gasteiger charge is 2.46. The molecule has 1 aliphatic heterocycles. The molecule has 0 N–H and O–H groups in total. The molecule has 3 rings (SSSR count). The van der Waals surface area contributed by atoms with Crippen LogP contribution in [0.2, 0.25) is 0 Å². The Labute approximate surface area is 145 Å². The van der Waals surface area contributed by atoms with Crippen LogP contribution in [0, 0.1) is 17.2 Å². The fraction of sp³-hybridized carbons (Fsp3) is 0.409. The summed E-state index contributed by atoms with van der Waals surface area (Å²) in [5.74, 6) is 0.552. The van der Waals surface area contributed by atoms with Crippen molar-refractivity contribution in [3.63, 3.8) is 0 Å². The summed E-state index contributed by atoms with van der Waals surface area (Å²) in [6.07, 6.45) is 2.26. The van der Waals surface area contributed by atoms with Gasteiger partial charge in [-0.15, -0.1) is 0 Å². The Morgan fingerprint density at radius 1 is 0.958 bits per heavy atom. The Bertz CT molecular complexity index is 641.